The van der Waals surface area contributed by atoms with E-state index in [1.54, 1.807) is 31.2 Å². The Balaban J connectivity index is 1.45. The van der Waals surface area contributed by atoms with E-state index >= 15 is 0 Å². The van der Waals surface area contributed by atoms with Crippen LogP contribution in [-0.4, -0.2) is 37.3 Å². The largest absolute Gasteiger partial charge is 0.513 e. The molecule has 0 fully saturated rings. The van der Waals surface area contributed by atoms with Gasteiger partial charge in [0.1, 0.15) is 17.2 Å². The Hall–Kier alpha value is -4.92. The van der Waals surface area contributed by atoms with Crippen molar-refractivity contribution in [1.82, 2.24) is 0 Å². The summed E-state index contributed by atoms with van der Waals surface area (Å²) in [6.45, 7) is 7.25. The van der Waals surface area contributed by atoms with E-state index in [1.165, 1.54) is 30.3 Å². The fraction of sp³-hybridized carbons (Fsp3) is 0.200. The van der Waals surface area contributed by atoms with E-state index in [4.69, 9.17) is 23.7 Å². The van der Waals surface area contributed by atoms with E-state index in [0.29, 0.717) is 29.7 Å². The normalized spacial score (nSPS) is 10.2. The fourth-order valence-electron chi connectivity index (χ4n) is 3.19. The lowest BCUT2D eigenvalue weighted by Gasteiger charge is -2.10. The van der Waals surface area contributed by atoms with Crippen molar-refractivity contribution >= 4 is 24.1 Å². The van der Waals surface area contributed by atoms with Crippen LogP contribution in [0.15, 0.2) is 79.4 Å². The van der Waals surface area contributed by atoms with Gasteiger partial charge in [0.25, 0.3) is 0 Å². The zero-order valence-electron chi connectivity index (χ0n) is 21.6. The van der Waals surface area contributed by atoms with Gasteiger partial charge < -0.3 is 23.7 Å². The molecule has 9 heteroatoms. The molecule has 3 aromatic rings. The first-order chi connectivity index (χ1) is 18.7. The highest BCUT2D eigenvalue weighted by atomic mass is 16.7. The summed E-state index contributed by atoms with van der Waals surface area (Å²) in [7, 11) is 0. The molecule has 0 saturated heterocycles. The number of unbranched alkanes of at least 4 members (excludes halogenated alkanes) is 1. The predicted molar refractivity (Wildman–Crippen MR) is 141 cm³/mol. The number of carbonyl (C=O) groups is 4. The number of hydrogen-bond donors (Lipinski definition) is 0. The van der Waals surface area contributed by atoms with Gasteiger partial charge in [-0.2, -0.15) is 0 Å². The van der Waals surface area contributed by atoms with Gasteiger partial charge in [-0.25, -0.2) is 19.2 Å². The second-order valence-electron chi connectivity index (χ2n) is 8.38. The molecule has 3 aromatic carbocycles. The van der Waals surface area contributed by atoms with Gasteiger partial charge in [0.2, 0.25) is 0 Å². The molecule has 0 radical (unpaired) electrons. The average Bonchev–Trinajstić information content (AvgIpc) is 2.92. The maximum atomic E-state index is 12.5. The lowest BCUT2D eigenvalue weighted by Crippen LogP contribution is -2.13. The highest BCUT2D eigenvalue weighted by molar-refractivity contribution is 5.92. The number of ether oxygens (including phenoxy) is 5. The third-order valence-electron chi connectivity index (χ3n) is 5.31. The molecule has 0 bridgehead atoms. The quantitative estimate of drug-likeness (QED) is 0.0998. The molecule has 0 aromatic heterocycles. The maximum Gasteiger partial charge on any atom is 0.513 e. The van der Waals surface area contributed by atoms with Crippen LogP contribution in [0.4, 0.5) is 4.79 Å². The van der Waals surface area contributed by atoms with Crippen molar-refractivity contribution in [3.05, 3.63) is 102 Å². The van der Waals surface area contributed by atoms with E-state index in [1.807, 2.05) is 19.1 Å². The monoisotopic (exact) mass is 532 g/mol. The average molecular weight is 533 g/mol. The summed E-state index contributed by atoms with van der Waals surface area (Å²) in [5.41, 5.74) is 2.31. The van der Waals surface area contributed by atoms with Crippen LogP contribution >= 0.6 is 0 Å². The Labute approximate surface area is 225 Å². The van der Waals surface area contributed by atoms with Crippen molar-refractivity contribution < 1.29 is 42.9 Å². The van der Waals surface area contributed by atoms with E-state index in [-0.39, 0.29) is 30.3 Å². The van der Waals surface area contributed by atoms with Gasteiger partial charge >= 0.3 is 24.1 Å². The number of aryl methyl sites for hydroxylation is 2. The number of hydrogen-bond acceptors (Lipinski definition) is 9. The Morgan fingerprint density at radius 2 is 1.26 bits per heavy atom. The van der Waals surface area contributed by atoms with E-state index < -0.39 is 24.1 Å². The molecule has 0 heterocycles. The molecule has 0 aliphatic rings. The lowest BCUT2D eigenvalue weighted by molar-refractivity contribution is -0.137. The maximum absolute atomic E-state index is 12.5. The van der Waals surface area contributed by atoms with Gasteiger partial charge in [-0.1, -0.05) is 24.3 Å². The van der Waals surface area contributed by atoms with E-state index in [0.717, 1.165) is 11.6 Å². The fourth-order valence-corrected chi connectivity index (χ4v) is 3.19. The van der Waals surface area contributed by atoms with Crippen LogP contribution in [0.25, 0.3) is 0 Å². The summed E-state index contributed by atoms with van der Waals surface area (Å²) in [6, 6.07) is 17.5. The van der Waals surface area contributed by atoms with Gasteiger partial charge in [-0.3, -0.25) is 0 Å². The van der Waals surface area contributed by atoms with Gasteiger partial charge in [0.05, 0.1) is 24.3 Å². The second kappa shape index (κ2) is 14.1. The Morgan fingerprint density at radius 1 is 0.692 bits per heavy atom. The second-order valence-corrected chi connectivity index (χ2v) is 8.38. The first-order valence-electron chi connectivity index (χ1n) is 12.1. The van der Waals surface area contributed by atoms with E-state index in [2.05, 4.69) is 6.58 Å². The molecule has 3 rings (SSSR count). The molecule has 202 valence electrons. The van der Waals surface area contributed by atoms with E-state index in [9.17, 15) is 19.2 Å². The van der Waals surface area contributed by atoms with Crippen LogP contribution in [-0.2, 0) is 14.3 Å². The summed E-state index contributed by atoms with van der Waals surface area (Å²) in [5, 5.41) is 0. The topological polar surface area (TPSA) is 114 Å². The highest BCUT2D eigenvalue weighted by Crippen LogP contribution is 2.25. The summed E-state index contributed by atoms with van der Waals surface area (Å²) in [4.78, 5) is 47.7. The molecule has 0 aliphatic carbocycles. The molecule has 0 amide bonds. The van der Waals surface area contributed by atoms with Crippen LogP contribution < -0.4 is 14.2 Å². The minimum absolute atomic E-state index is 0.0955. The van der Waals surface area contributed by atoms with Gasteiger partial charge in [-0.15, -0.1) is 0 Å². The zero-order valence-corrected chi connectivity index (χ0v) is 21.6. The number of rotatable bonds is 11. The third-order valence-corrected chi connectivity index (χ3v) is 5.31. The van der Waals surface area contributed by atoms with Crippen molar-refractivity contribution in [1.29, 1.82) is 0 Å². The molecule has 0 aliphatic heterocycles. The summed E-state index contributed by atoms with van der Waals surface area (Å²) >= 11 is 0. The smallest absolute Gasteiger partial charge is 0.463 e. The van der Waals surface area contributed by atoms with Crippen molar-refractivity contribution in [2.24, 2.45) is 0 Å². The number of benzene rings is 3. The minimum atomic E-state index is -0.896. The predicted octanol–water partition coefficient (Wildman–Crippen LogP) is 5.77. The highest BCUT2D eigenvalue weighted by Gasteiger charge is 2.14. The molecule has 0 N–H and O–H groups in total. The lowest BCUT2D eigenvalue weighted by atomic mass is 10.1. The Kier molecular flexibility index (Phi) is 10.4. The minimum Gasteiger partial charge on any atom is -0.463 e. The van der Waals surface area contributed by atoms with Gasteiger partial charge in [0, 0.05) is 6.08 Å². The molecule has 0 atom stereocenters. The van der Waals surface area contributed by atoms with Crippen molar-refractivity contribution in [3.8, 4) is 17.2 Å². The number of esters is 3. The van der Waals surface area contributed by atoms with Crippen molar-refractivity contribution in [2.75, 3.05) is 13.2 Å². The van der Waals surface area contributed by atoms with Crippen LogP contribution in [0.5, 0.6) is 17.2 Å². The molecule has 0 saturated carbocycles. The molecule has 0 unspecified atom stereocenters. The van der Waals surface area contributed by atoms with Crippen LogP contribution in [0.3, 0.4) is 0 Å². The van der Waals surface area contributed by atoms with Crippen LogP contribution in [0, 0.1) is 13.8 Å². The summed E-state index contributed by atoms with van der Waals surface area (Å²) in [6.07, 6.45) is 1.18. The van der Waals surface area contributed by atoms with Crippen molar-refractivity contribution in [2.45, 2.75) is 26.7 Å². The molecule has 9 nitrogen and oxygen atoms in total. The first kappa shape index (κ1) is 28.6. The molecule has 39 heavy (non-hydrogen) atoms. The molecular weight excluding hydrogens is 504 g/mol. The third kappa shape index (κ3) is 9.15. The zero-order chi connectivity index (χ0) is 28.2. The Morgan fingerprint density at radius 3 is 1.87 bits per heavy atom. The Bertz CT molecular complexity index is 1330. The molecular formula is C30H28O9. The number of carbonyl (C=O) groups excluding carboxylic acids is 4. The van der Waals surface area contributed by atoms with Gasteiger partial charge in [0.15, 0.2) is 0 Å². The van der Waals surface area contributed by atoms with Crippen LogP contribution in [0.2, 0.25) is 0 Å². The first-order valence-corrected chi connectivity index (χ1v) is 12.1. The van der Waals surface area contributed by atoms with Crippen molar-refractivity contribution in [3.63, 3.8) is 0 Å². The molecule has 0 spiro atoms. The van der Waals surface area contributed by atoms with Gasteiger partial charge in [-0.05, 0) is 86.8 Å². The standard InChI is InChI=1S/C30H28O9/c1-4-27(31)35-17-5-6-18-36-30(34)38-24-13-11-23(12-14-24)28(32)37-25-15-16-26(21(3)19-25)39-29(33)22-9-7-20(2)8-10-22/h4,7-16,19H,1,5-6,17-18H2,2-3H3. The van der Waals surface area contributed by atoms with Crippen LogP contribution in [0.1, 0.15) is 44.7 Å². The summed E-state index contributed by atoms with van der Waals surface area (Å²) in [5.74, 6) is -0.800. The summed E-state index contributed by atoms with van der Waals surface area (Å²) < 4.78 is 25.7. The SMILES string of the molecule is C=CC(=O)OCCCCOC(=O)Oc1ccc(C(=O)Oc2ccc(OC(=O)c3ccc(C)cc3)c(C)c2)cc1.